The van der Waals surface area contributed by atoms with E-state index in [9.17, 15) is 8.42 Å². The number of halogens is 1. The molecule has 1 heterocycles. The minimum Gasteiger partial charge on any atom is -0.296 e. The molecule has 0 spiro atoms. The van der Waals surface area contributed by atoms with Gasteiger partial charge in [-0.25, -0.2) is 8.42 Å². The molecular formula is C18H21ClN2O2S2. The molecule has 1 aliphatic rings. The fraction of sp³-hybridized carbons (Fsp3) is 0.333. The topological polar surface area (TPSA) is 40.6 Å². The SMILES string of the molecule is CSc1ccc(CN2CCN(S(=O)(=O)c3cccc(Cl)c3)CC2)cc1. The molecule has 4 nitrogen and oxygen atoms in total. The second-order valence-electron chi connectivity index (χ2n) is 5.99. The standard InChI is InChI=1S/C18H21ClN2O2S2/c1-24-17-7-5-15(6-8-17)14-20-9-11-21(12-10-20)25(22,23)18-4-2-3-16(19)13-18/h2-8,13H,9-12,14H2,1H3. The molecule has 2 aromatic carbocycles. The molecule has 0 saturated carbocycles. The highest BCUT2D eigenvalue weighted by Crippen LogP contribution is 2.22. The monoisotopic (exact) mass is 396 g/mol. The second kappa shape index (κ2) is 8.10. The smallest absolute Gasteiger partial charge is 0.243 e. The fourth-order valence-electron chi connectivity index (χ4n) is 2.89. The lowest BCUT2D eigenvalue weighted by Gasteiger charge is -2.34. The third-order valence-electron chi connectivity index (χ3n) is 4.33. The van der Waals surface area contributed by atoms with E-state index in [1.54, 1.807) is 34.3 Å². The van der Waals surface area contributed by atoms with Crippen LogP contribution >= 0.6 is 23.4 Å². The van der Waals surface area contributed by atoms with E-state index >= 15 is 0 Å². The molecule has 0 unspecified atom stereocenters. The highest BCUT2D eigenvalue weighted by Gasteiger charge is 2.28. The molecule has 0 bridgehead atoms. The van der Waals surface area contributed by atoms with E-state index in [2.05, 4.69) is 35.4 Å². The molecule has 0 atom stereocenters. The number of hydrogen-bond acceptors (Lipinski definition) is 4. The average Bonchev–Trinajstić information content (AvgIpc) is 2.63. The molecule has 0 aromatic heterocycles. The van der Waals surface area contributed by atoms with E-state index in [1.807, 2.05) is 0 Å². The summed E-state index contributed by atoms with van der Waals surface area (Å²) in [6.45, 7) is 3.29. The Morgan fingerprint density at radius 2 is 1.72 bits per heavy atom. The number of piperazine rings is 1. The first-order valence-electron chi connectivity index (χ1n) is 8.10. The summed E-state index contributed by atoms with van der Waals surface area (Å²) in [7, 11) is -3.47. The van der Waals surface area contributed by atoms with Crippen molar-refractivity contribution >= 4 is 33.4 Å². The summed E-state index contributed by atoms with van der Waals surface area (Å²) >= 11 is 7.66. The van der Waals surface area contributed by atoms with Crippen molar-refractivity contribution in [3.8, 4) is 0 Å². The lowest BCUT2D eigenvalue weighted by molar-refractivity contribution is 0.181. The number of sulfonamides is 1. The Balaban J connectivity index is 1.61. The Hall–Kier alpha value is -1.05. The Labute approximate surface area is 158 Å². The molecular weight excluding hydrogens is 376 g/mol. The molecule has 0 amide bonds. The maximum absolute atomic E-state index is 12.7. The van der Waals surface area contributed by atoms with Gasteiger partial charge in [-0.2, -0.15) is 4.31 Å². The van der Waals surface area contributed by atoms with Crippen LogP contribution < -0.4 is 0 Å². The summed E-state index contributed by atoms with van der Waals surface area (Å²) in [4.78, 5) is 3.81. The number of rotatable bonds is 5. The summed E-state index contributed by atoms with van der Waals surface area (Å²) in [5.41, 5.74) is 1.25. The zero-order valence-electron chi connectivity index (χ0n) is 14.1. The Morgan fingerprint density at radius 3 is 2.32 bits per heavy atom. The van der Waals surface area contributed by atoms with Gasteiger partial charge in [-0.3, -0.25) is 4.90 Å². The molecule has 0 radical (unpaired) electrons. The van der Waals surface area contributed by atoms with Gasteiger partial charge in [0, 0.05) is 42.6 Å². The highest BCUT2D eigenvalue weighted by molar-refractivity contribution is 7.98. The largest absolute Gasteiger partial charge is 0.296 e. The summed E-state index contributed by atoms with van der Waals surface area (Å²) < 4.78 is 27.0. The highest BCUT2D eigenvalue weighted by atomic mass is 35.5. The first kappa shape index (κ1) is 18.7. The zero-order valence-corrected chi connectivity index (χ0v) is 16.4. The van der Waals surface area contributed by atoms with Gasteiger partial charge in [0.15, 0.2) is 0 Å². The van der Waals surface area contributed by atoms with Crippen molar-refractivity contribution in [1.29, 1.82) is 0 Å². The summed E-state index contributed by atoms with van der Waals surface area (Å²) in [6.07, 6.45) is 2.06. The van der Waals surface area contributed by atoms with E-state index in [0.717, 1.165) is 19.6 Å². The first-order chi connectivity index (χ1) is 12.0. The zero-order chi connectivity index (χ0) is 17.9. The average molecular weight is 397 g/mol. The van der Waals surface area contributed by atoms with Crippen LogP contribution in [0.5, 0.6) is 0 Å². The number of benzene rings is 2. The maximum atomic E-state index is 12.7. The van der Waals surface area contributed by atoms with Gasteiger partial charge >= 0.3 is 0 Å². The minimum atomic E-state index is -3.47. The van der Waals surface area contributed by atoms with Gasteiger partial charge in [-0.15, -0.1) is 11.8 Å². The number of hydrogen-bond donors (Lipinski definition) is 0. The summed E-state index contributed by atoms with van der Waals surface area (Å²) in [5.74, 6) is 0. The van der Waals surface area contributed by atoms with Gasteiger partial charge in [-0.1, -0.05) is 29.8 Å². The maximum Gasteiger partial charge on any atom is 0.243 e. The Morgan fingerprint density at radius 1 is 1.04 bits per heavy atom. The van der Waals surface area contributed by atoms with Gasteiger partial charge in [0.1, 0.15) is 0 Å². The third kappa shape index (κ3) is 4.57. The van der Waals surface area contributed by atoms with Crippen LogP contribution in [0.4, 0.5) is 0 Å². The molecule has 7 heteroatoms. The second-order valence-corrected chi connectivity index (χ2v) is 9.24. The van der Waals surface area contributed by atoms with E-state index in [1.165, 1.54) is 16.5 Å². The molecule has 25 heavy (non-hydrogen) atoms. The Bertz CT molecular complexity index is 817. The van der Waals surface area contributed by atoms with Crippen molar-refractivity contribution in [3.05, 3.63) is 59.1 Å². The van der Waals surface area contributed by atoms with Crippen LogP contribution in [-0.2, 0) is 16.6 Å². The van der Waals surface area contributed by atoms with Gasteiger partial charge in [-0.05, 0) is 42.2 Å². The summed E-state index contributed by atoms with van der Waals surface area (Å²) in [6, 6.07) is 15.0. The van der Waals surface area contributed by atoms with E-state index in [-0.39, 0.29) is 4.90 Å². The molecule has 1 fully saturated rings. The number of thioether (sulfide) groups is 1. The van der Waals surface area contributed by atoms with Crippen LogP contribution in [0, 0.1) is 0 Å². The van der Waals surface area contributed by atoms with Crippen molar-refractivity contribution < 1.29 is 8.42 Å². The predicted molar refractivity (Wildman–Crippen MR) is 104 cm³/mol. The van der Waals surface area contributed by atoms with Crippen molar-refractivity contribution in [1.82, 2.24) is 9.21 Å². The van der Waals surface area contributed by atoms with Gasteiger partial charge in [0.2, 0.25) is 10.0 Å². The molecule has 2 aromatic rings. The van der Waals surface area contributed by atoms with Gasteiger partial charge in [0.25, 0.3) is 0 Å². The Kier molecular flexibility index (Phi) is 6.07. The lowest BCUT2D eigenvalue weighted by Crippen LogP contribution is -2.48. The molecule has 1 saturated heterocycles. The van der Waals surface area contributed by atoms with Crippen LogP contribution in [0.15, 0.2) is 58.3 Å². The van der Waals surface area contributed by atoms with Crippen molar-refractivity contribution in [2.45, 2.75) is 16.3 Å². The van der Waals surface area contributed by atoms with Crippen LogP contribution in [0.1, 0.15) is 5.56 Å². The van der Waals surface area contributed by atoms with Crippen molar-refractivity contribution in [3.63, 3.8) is 0 Å². The number of nitrogens with zero attached hydrogens (tertiary/aromatic N) is 2. The quantitative estimate of drug-likeness (QED) is 0.724. The van der Waals surface area contributed by atoms with Crippen LogP contribution in [0.25, 0.3) is 0 Å². The van der Waals surface area contributed by atoms with Gasteiger partial charge < -0.3 is 0 Å². The molecule has 134 valence electrons. The van der Waals surface area contributed by atoms with E-state index in [0.29, 0.717) is 18.1 Å². The normalized spacial score (nSPS) is 16.9. The van der Waals surface area contributed by atoms with Crippen molar-refractivity contribution in [2.75, 3.05) is 32.4 Å². The third-order valence-corrected chi connectivity index (χ3v) is 7.20. The first-order valence-corrected chi connectivity index (χ1v) is 11.1. The van der Waals surface area contributed by atoms with E-state index in [4.69, 9.17) is 11.6 Å². The summed E-state index contributed by atoms with van der Waals surface area (Å²) in [5, 5.41) is 0.438. The molecule has 1 aliphatic heterocycles. The van der Waals surface area contributed by atoms with Crippen LogP contribution in [0.3, 0.4) is 0 Å². The fourth-order valence-corrected chi connectivity index (χ4v) is 5.03. The van der Waals surface area contributed by atoms with Gasteiger partial charge in [0.05, 0.1) is 4.90 Å². The lowest BCUT2D eigenvalue weighted by atomic mass is 10.2. The van der Waals surface area contributed by atoms with Crippen LogP contribution in [0.2, 0.25) is 5.02 Å². The van der Waals surface area contributed by atoms with Crippen LogP contribution in [-0.4, -0.2) is 50.1 Å². The minimum absolute atomic E-state index is 0.265. The van der Waals surface area contributed by atoms with Crippen molar-refractivity contribution in [2.24, 2.45) is 0 Å². The predicted octanol–water partition coefficient (Wildman–Crippen LogP) is 3.57. The molecule has 0 N–H and O–H groups in total. The molecule has 3 rings (SSSR count). The van der Waals surface area contributed by atoms with E-state index < -0.39 is 10.0 Å². The molecule has 0 aliphatic carbocycles.